The molecule has 1 aromatic carbocycles. The fraction of sp³-hybridized carbons (Fsp3) is 0.308. The summed E-state index contributed by atoms with van der Waals surface area (Å²) >= 11 is 0. The van der Waals surface area contributed by atoms with Gasteiger partial charge in [-0.3, -0.25) is 9.69 Å². The summed E-state index contributed by atoms with van der Waals surface area (Å²) in [5.74, 6) is 0.0360. The minimum atomic E-state index is -0.544. The first-order chi connectivity index (χ1) is 7.71. The highest BCUT2D eigenvalue weighted by Gasteiger charge is 2.48. The molecular weight excluding hydrogens is 202 g/mol. The summed E-state index contributed by atoms with van der Waals surface area (Å²) in [6.45, 7) is 2.49. The standard InChI is InChI=1S/C13H13NO2/c1-13-8-7-12(15)14(13)11(9-16-13)10-5-3-2-4-6-10/h2-8,11H,9H2,1H3/t11-,13+/m0/s1. The molecule has 0 bridgehead atoms. The largest absolute Gasteiger partial charge is 0.350 e. The average molecular weight is 215 g/mol. The zero-order chi connectivity index (χ0) is 11.2. The first-order valence-electron chi connectivity index (χ1n) is 5.42. The molecule has 2 atom stereocenters. The molecule has 82 valence electrons. The van der Waals surface area contributed by atoms with Crippen LogP contribution < -0.4 is 0 Å². The van der Waals surface area contributed by atoms with E-state index < -0.39 is 5.72 Å². The van der Waals surface area contributed by atoms with Gasteiger partial charge in [-0.15, -0.1) is 0 Å². The van der Waals surface area contributed by atoms with Gasteiger partial charge in [0.15, 0.2) is 5.72 Å². The number of hydrogen-bond acceptors (Lipinski definition) is 2. The average Bonchev–Trinajstić information content (AvgIpc) is 2.78. The SMILES string of the molecule is C[C@@]12C=CC(=O)N1[C@H](c1ccccc1)CO2. The lowest BCUT2D eigenvalue weighted by Crippen LogP contribution is -2.40. The van der Waals surface area contributed by atoms with Crippen LogP contribution in [0.2, 0.25) is 0 Å². The van der Waals surface area contributed by atoms with Crippen LogP contribution in [0.3, 0.4) is 0 Å². The first-order valence-corrected chi connectivity index (χ1v) is 5.42. The van der Waals surface area contributed by atoms with E-state index in [-0.39, 0.29) is 11.9 Å². The van der Waals surface area contributed by atoms with E-state index in [9.17, 15) is 4.79 Å². The summed E-state index contributed by atoms with van der Waals surface area (Å²) in [6.07, 6.45) is 3.42. The third kappa shape index (κ3) is 1.21. The van der Waals surface area contributed by atoms with Gasteiger partial charge in [0.1, 0.15) is 0 Å². The van der Waals surface area contributed by atoms with E-state index >= 15 is 0 Å². The van der Waals surface area contributed by atoms with Gasteiger partial charge in [-0.1, -0.05) is 30.3 Å². The molecule has 0 spiro atoms. The van der Waals surface area contributed by atoms with Crippen LogP contribution in [0.4, 0.5) is 0 Å². The predicted molar refractivity (Wildman–Crippen MR) is 59.5 cm³/mol. The molecule has 3 nitrogen and oxygen atoms in total. The topological polar surface area (TPSA) is 29.5 Å². The molecule has 0 unspecified atom stereocenters. The van der Waals surface area contributed by atoms with Crippen molar-refractivity contribution in [3.8, 4) is 0 Å². The monoisotopic (exact) mass is 215 g/mol. The number of amides is 1. The maximum atomic E-state index is 11.8. The number of carbonyl (C=O) groups excluding carboxylic acids is 1. The van der Waals surface area contributed by atoms with Crippen molar-refractivity contribution in [2.75, 3.05) is 6.61 Å². The molecule has 2 aliphatic rings. The minimum absolute atomic E-state index is 0.0358. The summed E-state index contributed by atoms with van der Waals surface area (Å²) in [4.78, 5) is 13.6. The Kier molecular flexibility index (Phi) is 1.91. The van der Waals surface area contributed by atoms with Gasteiger partial charge in [-0.2, -0.15) is 0 Å². The fourth-order valence-corrected chi connectivity index (χ4v) is 2.43. The van der Waals surface area contributed by atoms with Crippen LogP contribution in [0, 0.1) is 0 Å². The van der Waals surface area contributed by atoms with Gasteiger partial charge in [0, 0.05) is 6.08 Å². The van der Waals surface area contributed by atoms with Gasteiger partial charge in [0.2, 0.25) is 5.91 Å². The molecule has 0 radical (unpaired) electrons. The Morgan fingerprint density at radius 1 is 1.38 bits per heavy atom. The minimum Gasteiger partial charge on any atom is -0.350 e. The number of fused-ring (bicyclic) bond motifs is 1. The van der Waals surface area contributed by atoms with Crippen LogP contribution in [0.5, 0.6) is 0 Å². The molecule has 0 N–H and O–H groups in total. The van der Waals surface area contributed by atoms with Gasteiger partial charge in [0.25, 0.3) is 0 Å². The number of nitrogens with zero attached hydrogens (tertiary/aromatic N) is 1. The van der Waals surface area contributed by atoms with Gasteiger partial charge in [-0.05, 0) is 18.6 Å². The van der Waals surface area contributed by atoms with Crippen molar-refractivity contribution in [2.45, 2.75) is 18.7 Å². The van der Waals surface area contributed by atoms with Gasteiger partial charge in [0.05, 0.1) is 12.6 Å². The maximum absolute atomic E-state index is 11.8. The van der Waals surface area contributed by atoms with E-state index in [4.69, 9.17) is 4.74 Å². The fourth-order valence-electron chi connectivity index (χ4n) is 2.43. The molecule has 0 aliphatic carbocycles. The second kappa shape index (κ2) is 3.19. The summed E-state index contributed by atoms with van der Waals surface area (Å²) in [5, 5.41) is 0. The summed E-state index contributed by atoms with van der Waals surface area (Å²) in [5.41, 5.74) is 0.584. The summed E-state index contributed by atoms with van der Waals surface area (Å²) in [7, 11) is 0. The number of benzene rings is 1. The van der Waals surface area contributed by atoms with Crippen molar-refractivity contribution in [2.24, 2.45) is 0 Å². The summed E-state index contributed by atoms with van der Waals surface area (Å²) in [6, 6.07) is 10.0. The highest BCUT2D eigenvalue weighted by Crippen LogP contribution is 2.40. The number of rotatable bonds is 1. The van der Waals surface area contributed by atoms with E-state index in [1.165, 1.54) is 0 Å². The molecule has 2 aliphatic heterocycles. The molecule has 1 amide bonds. The van der Waals surface area contributed by atoms with Crippen molar-refractivity contribution in [1.82, 2.24) is 4.90 Å². The van der Waals surface area contributed by atoms with Crippen LogP contribution in [0.1, 0.15) is 18.5 Å². The molecule has 16 heavy (non-hydrogen) atoms. The van der Waals surface area contributed by atoms with Crippen molar-refractivity contribution in [1.29, 1.82) is 0 Å². The Labute approximate surface area is 94.3 Å². The molecule has 1 aromatic rings. The van der Waals surface area contributed by atoms with Crippen molar-refractivity contribution < 1.29 is 9.53 Å². The van der Waals surface area contributed by atoms with Gasteiger partial charge in [-0.25, -0.2) is 0 Å². The molecule has 1 saturated heterocycles. The second-order valence-corrected chi connectivity index (χ2v) is 4.33. The predicted octanol–water partition coefficient (Wildman–Crippen LogP) is 1.87. The van der Waals surface area contributed by atoms with Crippen molar-refractivity contribution in [3.05, 3.63) is 48.0 Å². The van der Waals surface area contributed by atoms with Crippen LogP contribution in [-0.4, -0.2) is 23.1 Å². The lowest BCUT2D eigenvalue weighted by molar-refractivity contribution is -0.134. The van der Waals surface area contributed by atoms with Crippen molar-refractivity contribution in [3.63, 3.8) is 0 Å². The lowest BCUT2D eigenvalue weighted by Gasteiger charge is -2.29. The van der Waals surface area contributed by atoms with E-state index in [1.807, 2.05) is 48.2 Å². The molecule has 0 saturated carbocycles. The van der Waals surface area contributed by atoms with E-state index in [1.54, 1.807) is 6.08 Å². The first kappa shape index (κ1) is 9.60. The van der Waals surface area contributed by atoms with Crippen LogP contribution in [-0.2, 0) is 9.53 Å². The number of ether oxygens (including phenoxy) is 1. The Morgan fingerprint density at radius 2 is 2.12 bits per heavy atom. The quantitative estimate of drug-likeness (QED) is 0.715. The molecule has 0 aromatic heterocycles. The summed E-state index contributed by atoms with van der Waals surface area (Å²) < 4.78 is 5.72. The Morgan fingerprint density at radius 3 is 2.88 bits per heavy atom. The molecule has 1 fully saturated rings. The Bertz CT molecular complexity index is 454. The smallest absolute Gasteiger partial charge is 0.249 e. The van der Waals surface area contributed by atoms with E-state index in [0.717, 1.165) is 5.56 Å². The molecular formula is C13H13NO2. The maximum Gasteiger partial charge on any atom is 0.249 e. The number of carbonyl (C=O) groups is 1. The van der Waals surface area contributed by atoms with E-state index in [2.05, 4.69) is 0 Å². The molecule has 2 heterocycles. The Hall–Kier alpha value is -1.61. The number of hydrogen-bond donors (Lipinski definition) is 0. The Balaban J connectivity index is 1.98. The van der Waals surface area contributed by atoms with Crippen LogP contribution in [0.15, 0.2) is 42.5 Å². The third-order valence-corrected chi connectivity index (χ3v) is 3.28. The highest BCUT2D eigenvalue weighted by atomic mass is 16.5. The zero-order valence-corrected chi connectivity index (χ0v) is 9.09. The zero-order valence-electron chi connectivity index (χ0n) is 9.09. The van der Waals surface area contributed by atoms with E-state index in [0.29, 0.717) is 6.61 Å². The van der Waals surface area contributed by atoms with Gasteiger partial charge < -0.3 is 4.74 Å². The third-order valence-electron chi connectivity index (χ3n) is 3.28. The van der Waals surface area contributed by atoms with Gasteiger partial charge >= 0.3 is 0 Å². The highest BCUT2D eigenvalue weighted by molar-refractivity contribution is 5.91. The molecule has 3 heteroatoms. The normalized spacial score (nSPS) is 32.2. The van der Waals surface area contributed by atoms with Crippen LogP contribution >= 0.6 is 0 Å². The lowest BCUT2D eigenvalue weighted by atomic mass is 10.1. The molecule has 3 rings (SSSR count). The second-order valence-electron chi connectivity index (χ2n) is 4.33. The van der Waals surface area contributed by atoms with Crippen LogP contribution in [0.25, 0.3) is 0 Å². The van der Waals surface area contributed by atoms with Crippen molar-refractivity contribution >= 4 is 5.91 Å².